The van der Waals surface area contributed by atoms with Crippen molar-refractivity contribution in [3.05, 3.63) is 23.8 Å². The number of benzene rings is 1. The van der Waals surface area contributed by atoms with E-state index < -0.39 is 0 Å². The molecule has 0 saturated heterocycles. The molecule has 0 bridgehead atoms. The number of anilines is 1. The molecule has 0 aliphatic heterocycles. The predicted molar refractivity (Wildman–Crippen MR) is 72.4 cm³/mol. The SMILES string of the molecule is CCOC(=O)c1cccc(N)c1SC(C)CC. The maximum Gasteiger partial charge on any atom is 0.339 e. The van der Waals surface area contributed by atoms with Gasteiger partial charge < -0.3 is 10.5 Å². The molecule has 2 N–H and O–H groups in total. The van der Waals surface area contributed by atoms with E-state index in [1.54, 1.807) is 30.8 Å². The van der Waals surface area contributed by atoms with Crippen molar-refractivity contribution < 1.29 is 9.53 Å². The van der Waals surface area contributed by atoms with Crippen LogP contribution in [-0.2, 0) is 4.74 Å². The molecule has 1 atom stereocenters. The van der Waals surface area contributed by atoms with Crippen molar-refractivity contribution in [1.29, 1.82) is 0 Å². The normalized spacial score (nSPS) is 12.2. The molecule has 1 rings (SSSR count). The largest absolute Gasteiger partial charge is 0.462 e. The van der Waals surface area contributed by atoms with Crippen molar-refractivity contribution in [3.63, 3.8) is 0 Å². The van der Waals surface area contributed by atoms with Gasteiger partial charge in [-0.1, -0.05) is 19.9 Å². The molecule has 4 heteroatoms. The van der Waals surface area contributed by atoms with Gasteiger partial charge in [-0.15, -0.1) is 11.8 Å². The van der Waals surface area contributed by atoms with Gasteiger partial charge in [0, 0.05) is 15.8 Å². The summed E-state index contributed by atoms with van der Waals surface area (Å²) in [5, 5.41) is 0.424. The summed E-state index contributed by atoms with van der Waals surface area (Å²) in [5.74, 6) is -0.300. The number of ether oxygens (including phenoxy) is 1. The third kappa shape index (κ3) is 3.66. The number of esters is 1. The molecule has 3 nitrogen and oxygen atoms in total. The van der Waals surface area contributed by atoms with Crippen molar-refractivity contribution >= 4 is 23.4 Å². The zero-order valence-electron chi connectivity index (χ0n) is 10.5. The van der Waals surface area contributed by atoms with E-state index in [0.717, 1.165) is 11.3 Å². The predicted octanol–water partition coefficient (Wildman–Crippen LogP) is 3.34. The van der Waals surface area contributed by atoms with E-state index in [1.807, 2.05) is 6.07 Å². The first kappa shape index (κ1) is 13.9. The van der Waals surface area contributed by atoms with Gasteiger partial charge >= 0.3 is 5.97 Å². The standard InChI is InChI=1S/C13H19NO2S/c1-4-9(3)17-12-10(13(15)16-5-2)7-6-8-11(12)14/h6-9H,4-5,14H2,1-3H3. The fourth-order valence-corrected chi connectivity index (χ4v) is 2.39. The summed E-state index contributed by atoms with van der Waals surface area (Å²) in [4.78, 5) is 12.6. The molecule has 0 amide bonds. The first-order valence-electron chi connectivity index (χ1n) is 5.82. The number of thioether (sulfide) groups is 1. The van der Waals surface area contributed by atoms with Crippen LogP contribution in [0.4, 0.5) is 5.69 Å². The van der Waals surface area contributed by atoms with E-state index in [-0.39, 0.29) is 5.97 Å². The van der Waals surface area contributed by atoms with Crippen LogP contribution in [0.25, 0.3) is 0 Å². The van der Waals surface area contributed by atoms with E-state index in [9.17, 15) is 4.79 Å². The molecular weight excluding hydrogens is 234 g/mol. The Morgan fingerprint density at radius 2 is 2.18 bits per heavy atom. The smallest absolute Gasteiger partial charge is 0.339 e. The Morgan fingerprint density at radius 1 is 1.47 bits per heavy atom. The average Bonchev–Trinajstić information content (AvgIpc) is 2.31. The lowest BCUT2D eigenvalue weighted by molar-refractivity contribution is 0.0522. The Morgan fingerprint density at radius 3 is 2.76 bits per heavy atom. The zero-order valence-corrected chi connectivity index (χ0v) is 11.3. The monoisotopic (exact) mass is 253 g/mol. The fourth-order valence-electron chi connectivity index (χ4n) is 1.34. The first-order valence-corrected chi connectivity index (χ1v) is 6.70. The maximum absolute atomic E-state index is 11.8. The second-order valence-electron chi connectivity index (χ2n) is 3.78. The van der Waals surface area contributed by atoms with Gasteiger partial charge in [0.2, 0.25) is 0 Å². The van der Waals surface area contributed by atoms with Gasteiger partial charge in [-0.25, -0.2) is 4.79 Å². The Kier molecular flexibility index (Phi) is 5.35. The van der Waals surface area contributed by atoms with E-state index in [2.05, 4.69) is 13.8 Å². The summed E-state index contributed by atoms with van der Waals surface area (Å²) in [6.07, 6.45) is 1.03. The summed E-state index contributed by atoms with van der Waals surface area (Å²) in [5.41, 5.74) is 7.14. The van der Waals surface area contributed by atoms with Crippen LogP contribution in [0.1, 0.15) is 37.6 Å². The lowest BCUT2D eigenvalue weighted by atomic mass is 10.2. The van der Waals surface area contributed by atoms with Gasteiger partial charge in [0.25, 0.3) is 0 Å². The number of hydrogen-bond acceptors (Lipinski definition) is 4. The second-order valence-corrected chi connectivity index (χ2v) is 5.23. The summed E-state index contributed by atoms with van der Waals surface area (Å²) in [6, 6.07) is 5.36. The van der Waals surface area contributed by atoms with E-state index in [1.165, 1.54) is 0 Å². The Balaban J connectivity index is 3.03. The van der Waals surface area contributed by atoms with E-state index in [4.69, 9.17) is 10.5 Å². The van der Waals surface area contributed by atoms with Crippen LogP contribution in [0.3, 0.4) is 0 Å². The van der Waals surface area contributed by atoms with Crippen LogP contribution in [0.15, 0.2) is 23.1 Å². The van der Waals surface area contributed by atoms with Crippen molar-refractivity contribution in [3.8, 4) is 0 Å². The summed E-state index contributed by atoms with van der Waals surface area (Å²) in [7, 11) is 0. The molecule has 0 aliphatic rings. The molecule has 1 unspecified atom stereocenters. The highest BCUT2D eigenvalue weighted by Gasteiger charge is 2.16. The number of nitrogen functional groups attached to an aromatic ring is 1. The van der Waals surface area contributed by atoms with Gasteiger partial charge in [-0.05, 0) is 25.5 Å². The summed E-state index contributed by atoms with van der Waals surface area (Å²) >= 11 is 1.63. The van der Waals surface area contributed by atoms with Gasteiger partial charge in [-0.2, -0.15) is 0 Å². The molecule has 17 heavy (non-hydrogen) atoms. The van der Waals surface area contributed by atoms with Gasteiger partial charge in [0.05, 0.1) is 12.2 Å². The molecule has 94 valence electrons. The minimum atomic E-state index is -0.300. The summed E-state index contributed by atoms with van der Waals surface area (Å²) < 4.78 is 5.03. The molecule has 0 saturated carbocycles. The molecule has 0 aromatic heterocycles. The molecule has 0 radical (unpaired) electrons. The highest BCUT2D eigenvalue weighted by molar-refractivity contribution is 8.00. The van der Waals surface area contributed by atoms with Crippen molar-refractivity contribution in [2.45, 2.75) is 37.3 Å². The Bertz CT molecular complexity index is 393. The highest BCUT2D eigenvalue weighted by Crippen LogP contribution is 2.33. The van der Waals surface area contributed by atoms with Crippen LogP contribution in [0, 0.1) is 0 Å². The topological polar surface area (TPSA) is 52.3 Å². The minimum absolute atomic E-state index is 0.300. The molecule has 0 spiro atoms. The number of rotatable bonds is 5. The van der Waals surface area contributed by atoms with Gasteiger partial charge in [0.1, 0.15) is 0 Å². The Labute approximate surface area is 107 Å². The third-order valence-corrected chi connectivity index (χ3v) is 3.86. The van der Waals surface area contributed by atoms with Crippen molar-refractivity contribution in [2.24, 2.45) is 0 Å². The minimum Gasteiger partial charge on any atom is -0.462 e. The van der Waals surface area contributed by atoms with Crippen molar-refractivity contribution in [1.82, 2.24) is 0 Å². The lowest BCUT2D eigenvalue weighted by Gasteiger charge is -2.14. The average molecular weight is 253 g/mol. The van der Waals surface area contributed by atoms with Crippen LogP contribution in [0.2, 0.25) is 0 Å². The Hall–Kier alpha value is -1.16. The molecule has 1 aromatic rings. The number of hydrogen-bond donors (Lipinski definition) is 1. The highest BCUT2D eigenvalue weighted by atomic mass is 32.2. The number of nitrogens with two attached hydrogens (primary N) is 1. The van der Waals surface area contributed by atoms with E-state index in [0.29, 0.717) is 23.1 Å². The lowest BCUT2D eigenvalue weighted by Crippen LogP contribution is -2.08. The van der Waals surface area contributed by atoms with Crippen LogP contribution in [-0.4, -0.2) is 17.8 Å². The third-order valence-electron chi connectivity index (χ3n) is 2.43. The first-order chi connectivity index (χ1) is 8.10. The fraction of sp³-hybridized carbons (Fsp3) is 0.462. The number of carbonyl (C=O) groups excluding carboxylic acids is 1. The number of carbonyl (C=O) groups is 1. The van der Waals surface area contributed by atoms with Crippen LogP contribution < -0.4 is 5.73 Å². The molecule has 0 heterocycles. The van der Waals surface area contributed by atoms with Crippen molar-refractivity contribution in [2.75, 3.05) is 12.3 Å². The molecular formula is C13H19NO2S. The quantitative estimate of drug-likeness (QED) is 0.497. The zero-order chi connectivity index (χ0) is 12.8. The molecule has 1 aromatic carbocycles. The second kappa shape index (κ2) is 6.55. The summed E-state index contributed by atoms with van der Waals surface area (Å²) in [6.45, 7) is 6.40. The molecule has 0 aliphatic carbocycles. The van der Waals surface area contributed by atoms with Crippen LogP contribution in [0.5, 0.6) is 0 Å². The maximum atomic E-state index is 11.8. The van der Waals surface area contributed by atoms with Gasteiger partial charge in [0.15, 0.2) is 0 Å². The van der Waals surface area contributed by atoms with Crippen LogP contribution >= 0.6 is 11.8 Å². The molecule has 0 fully saturated rings. The van der Waals surface area contributed by atoms with Gasteiger partial charge in [-0.3, -0.25) is 0 Å². The van der Waals surface area contributed by atoms with E-state index >= 15 is 0 Å².